The van der Waals surface area contributed by atoms with E-state index in [4.69, 9.17) is 4.98 Å². The molecule has 0 aliphatic rings. The fourth-order valence-electron chi connectivity index (χ4n) is 6.14. The summed E-state index contributed by atoms with van der Waals surface area (Å²) in [5.41, 5.74) is 9.75. The van der Waals surface area contributed by atoms with Crippen molar-refractivity contribution in [3.8, 4) is 11.3 Å². The van der Waals surface area contributed by atoms with Gasteiger partial charge in [-0.2, -0.15) is 0 Å². The average Bonchev–Trinajstić information content (AvgIpc) is 3.50. The molecule has 0 radical (unpaired) electrons. The molecule has 0 bridgehead atoms. The predicted octanol–water partition coefficient (Wildman–Crippen LogP) is 10.1. The fourth-order valence-corrected chi connectivity index (χ4v) is 7.46. The Hall–Kier alpha value is -4.09. The highest BCUT2D eigenvalue weighted by molar-refractivity contribution is 7.16. The lowest BCUT2D eigenvalue weighted by Gasteiger charge is -2.24. The molecule has 0 atom stereocenters. The van der Waals surface area contributed by atoms with Crippen LogP contribution in [-0.2, 0) is 0 Å². The van der Waals surface area contributed by atoms with Crippen LogP contribution >= 0.6 is 11.3 Å². The molecule has 0 unspecified atom stereocenters. The summed E-state index contributed by atoms with van der Waals surface area (Å²) < 4.78 is 0. The number of para-hydroxylation sites is 1. The zero-order valence-corrected chi connectivity index (χ0v) is 27.9. The molecule has 0 saturated heterocycles. The van der Waals surface area contributed by atoms with Gasteiger partial charge in [0.05, 0.1) is 5.69 Å². The molecule has 44 heavy (non-hydrogen) atoms. The Bertz CT molecular complexity index is 1550. The molecule has 4 aromatic carbocycles. The van der Waals surface area contributed by atoms with Gasteiger partial charge < -0.3 is 14.7 Å². The van der Waals surface area contributed by atoms with Crippen LogP contribution in [0.5, 0.6) is 0 Å². The Morgan fingerprint density at radius 1 is 0.591 bits per heavy atom. The molecule has 0 fully saturated rings. The molecular weight excluding hydrogens is 557 g/mol. The van der Waals surface area contributed by atoms with Crippen molar-refractivity contribution >= 4 is 33.5 Å². The van der Waals surface area contributed by atoms with E-state index >= 15 is 0 Å². The van der Waals surface area contributed by atoms with Crippen molar-refractivity contribution in [2.24, 2.45) is 0 Å². The molecule has 0 amide bonds. The summed E-state index contributed by atoms with van der Waals surface area (Å²) >= 11 is 1.82. The zero-order valence-electron chi connectivity index (χ0n) is 27.1. The number of benzene rings is 4. The van der Waals surface area contributed by atoms with Gasteiger partial charge in [-0.3, -0.25) is 0 Å². The van der Waals surface area contributed by atoms with Gasteiger partial charge in [0, 0.05) is 66.1 Å². The third-order valence-corrected chi connectivity index (χ3v) is 9.76. The minimum Gasteiger partial charge on any atom is -0.372 e. The van der Waals surface area contributed by atoms with Crippen LogP contribution < -0.4 is 14.7 Å². The molecule has 0 aliphatic heterocycles. The lowest BCUT2D eigenvalue weighted by atomic mass is 9.87. The molecule has 1 aromatic heterocycles. The molecule has 0 aliphatic carbocycles. The topological polar surface area (TPSA) is 22.6 Å². The van der Waals surface area contributed by atoms with Crippen LogP contribution in [-0.4, -0.2) is 37.7 Å². The Labute approximate surface area is 268 Å². The monoisotopic (exact) mass is 602 g/mol. The van der Waals surface area contributed by atoms with Gasteiger partial charge >= 0.3 is 0 Å². The van der Waals surface area contributed by atoms with Crippen LogP contribution in [0.15, 0.2) is 103 Å². The van der Waals surface area contributed by atoms with Crippen molar-refractivity contribution in [2.75, 3.05) is 47.4 Å². The second-order valence-electron chi connectivity index (χ2n) is 11.1. The van der Waals surface area contributed by atoms with Crippen LogP contribution in [0.1, 0.15) is 62.1 Å². The number of rotatable bonds is 13. The predicted molar refractivity (Wildman–Crippen MR) is 192 cm³/mol. The van der Waals surface area contributed by atoms with E-state index in [9.17, 15) is 0 Å². The highest BCUT2D eigenvalue weighted by atomic mass is 32.1. The lowest BCUT2D eigenvalue weighted by Crippen LogP contribution is -2.21. The SMILES string of the molecule is CCN(CC)c1ccc(C(c2ccc(N(CC)CC)cc2)c2sc(N(CC)c3ccccc3C)nc2-c2ccccc2)cc1. The third-order valence-electron chi connectivity index (χ3n) is 8.61. The first-order valence-corrected chi connectivity index (χ1v) is 16.9. The van der Waals surface area contributed by atoms with E-state index < -0.39 is 0 Å². The number of aromatic nitrogens is 1. The van der Waals surface area contributed by atoms with Crippen molar-refractivity contribution in [2.45, 2.75) is 47.5 Å². The quantitative estimate of drug-likeness (QED) is 0.134. The van der Waals surface area contributed by atoms with Gasteiger partial charge in [0.2, 0.25) is 0 Å². The normalized spacial score (nSPS) is 11.2. The van der Waals surface area contributed by atoms with Gasteiger partial charge in [0.1, 0.15) is 0 Å². The van der Waals surface area contributed by atoms with Gasteiger partial charge in [-0.15, -0.1) is 0 Å². The molecule has 228 valence electrons. The summed E-state index contributed by atoms with van der Waals surface area (Å²) in [5, 5.41) is 1.03. The van der Waals surface area contributed by atoms with E-state index in [2.05, 4.69) is 159 Å². The molecule has 5 rings (SSSR count). The largest absolute Gasteiger partial charge is 0.372 e. The summed E-state index contributed by atoms with van der Waals surface area (Å²) in [5.74, 6) is 0.0449. The van der Waals surface area contributed by atoms with Crippen LogP contribution in [0.2, 0.25) is 0 Å². The maximum absolute atomic E-state index is 5.41. The van der Waals surface area contributed by atoms with E-state index in [0.717, 1.165) is 49.1 Å². The number of anilines is 4. The smallest absolute Gasteiger partial charge is 0.190 e. The third kappa shape index (κ3) is 6.53. The zero-order chi connectivity index (χ0) is 31.1. The summed E-state index contributed by atoms with van der Waals surface area (Å²) in [6, 6.07) is 37.7. The van der Waals surface area contributed by atoms with E-state index in [-0.39, 0.29) is 5.92 Å². The van der Waals surface area contributed by atoms with Crippen molar-refractivity contribution in [3.63, 3.8) is 0 Å². The van der Waals surface area contributed by atoms with Gasteiger partial charge in [0.25, 0.3) is 0 Å². The summed E-state index contributed by atoms with van der Waals surface area (Å²) in [6.45, 7) is 18.1. The lowest BCUT2D eigenvalue weighted by molar-refractivity contribution is 0.863. The highest BCUT2D eigenvalue weighted by Crippen LogP contribution is 2.45. The van der Waals surface area contributed by atoms with E-state index in [1.54, 1.807) is 0 Å². The van der Waals surface area contributed by atoms with Gasteiger partial charge in [-0.25, -0.2) is 4.98 Å². The summed E-state index contributed by atoms with van der Waals surface area (Å²) in [6.07, 6.45) is 0. The standard InChI is InChI=1S/C39H46N4S/c1-7-41(8-2)33-25-21-30(22-26-33)36(31-23-27-34(28-24-31)42(9-3)10-4)38-37(32-18-13-12-14-19-32)40-39(44-38)43(11-5)35-20-16-15-17-29(35)6/h12-28,36H,7-11H2,1-6H3. The van der Waals surface area contributed by atoms with Crippen LogP contribution in [0.3, 0.4) is 0 Å². The minimum atomic E-state index is 0.0449. The van der Waals surface area contributed by atoms with Crippen molar-refractivity contribution in [1.29, 1.82) is 0 Å². The number of thiazole rings is 1. The van der Waals surface area contributed by atoms with E-state index in [1.807, 2.05) is 11.3 Å². The molecule has 0 N–H and O–H groups in total. The van der Waals surface area contributed by atoms with Crippen molar-refractivity contribution in [3.05, 3.63) is 125 Å². The van der Waals surface area contributed by atoms with Crippen LogP contribution in [0, 0.1) is 6.92 Å². The Morgan fingerprint density at radius 2 is 1.09 bits per heavy atom. The van der Waals surface area contributed by atoms with Gasteiger partial charge in [-0.1, -0.05) is 84.1 Å². The molecule has 4 nitrogen and oxygen atoms in total. The second kappa shape index (κ2) is 14.6. The van der Waals surface area contributed by atoms with Crippen LogP contribution in [0.25, 0.3) is 11.3 Å². The number of hydrogen-bond acceptors (Lipinski definition) is 5. The first-order chi connectivity index (χ1) is 21.5. The molecule has 1 heterocycles. The fraction of sp³-hybridized carbons (Fsp3) is 0.308. The molecule has 0 saturated carbocycles. The number of hydrogen-bond donors (Lipinski definition) is 0. The minimum absolute atomic E-state index is 0.0449. The van der Waals surface area contributed by atoms with Gasteiger partial charge in [0.15, 0.2) is 5.13 Å². The maximum Gasteiger partial charge on any atom is 0.190 e. The van der Waals surface area contributed by atoms with Crippen molar-refractivity contribution in [1.82, 2.24) is 4.98 Å². The molecule has 5 heteroatoms. The van der Waals surface area contributed by atoms with E-state index in [0.29, 0.717) is 0 Å². The summed E-state index contributed by atoms with van der Waals surface area (Å²) in [4.78, 5) is 13.8. The van der Waals surface area contributed by atoms with Gasteiger partial charge in [-0.05, 0) is 88.6 Å². The van der Waals surface area contributed by atoms with E-state index in [1.165, 1.54) is 38.6 Å². The first kappa shape index (κ1) is 31.3. The Morgan fingerprint density at radius 3 is 1.57 bits per heavy atom. The Balaban J connectivity index is 1.70. The number of nitrogens with zero attached hydrogens (tertiary/aromatic N) is 4. The molecular formula is C39H46N4S. The first-order valence-electron chi connectivity index (χ1n) is 16.1. The maximum atomic E-state index is 5.41. The van der Waals surface area contributed by atoms with Crippen LogP contribution in [0.4, 0.5) is 22.2 Å². The second-order valence-corrected chi connectivity index (χ2v) is 12.1. The average molecular weight is 603 g/mol. The molecule has 5 aromatic rings. The summed E-state index contributed by atoms with van der Waals surface area (Å²) in [7, 11) is 0. The van der Waals surface area contributed by atoms with Crippen molar-refractivity contribution < 1.29 is 0 Å². The highest BCUT2D eigenvalue weighted by Gasteiger charge is 2.27. The number of aryl methyl sites for hydroxylation is 1. The Kier molecular flexibility index (Phi) is 10.4. The molecule has 0 spiro atoms.